The quantitative estimate of drug-likeness (QED) is 0.794. The van der Waals surface area contributed by atoms with Crippen LogP contribution in [0.4, 0.5) is 4.39 Å². The van der Waals surface area contributed by atoms with Gasteiger partial charge < -0.3 is 5.11 Å². The molecule has 0 aliphatic heterocycles. The van der Waals surface area contributed by atoms with E-state index in [1.165, 1.54) is 12.1 Å². The van der Waals surface area contributed by atoms with Crippen LogP contribution < -0.4 is 0 Å². The Kier molecular flexibility index (Phi) is 4.45. The van der Waals surface area contributed by atoms with Crippen LogP contribution in [0.3, 0.4) is 0 Å². The molecule has 0 amide bonds. The number of rotatable bonds is 1. The molecule has 0 aliphatic carbocycles. The highest BCUT2D eigenvalue weighted by molar-refractivity contribution is 5.65. The van der Waals surface area contributed by atoms with Crippen molar-refractivity contribution in [2.24, 2.45) is 0 Å². The average molecular weight is 219 g/mol. The number of benzene rings is 1. The highest BCUT2D eigenvalue weighted by Gasteiger charge is 2.03. The summed E-state index contributed by atoms with van der Waals surface area (Å²) >= 11 is 0. The molecule has 0 aliphatic rings. The molecule has 0 fully saturated rings. The van der Waals surface area contributed by atoms with Crippen LogP contribution in [-0.2, 0) is 0 Å². The van der Waals surface area contributed by atoms with Crippen LogP contribution in [0.2, 0.25) is 0 Å². The number of hydrogen-bond donors (Lipinski definition) is 1. The molecule has 3 heteroatoms. The van der Waals surface area contributed by atoms with Gasteiger partial charge in [-0.15, -0.1) is 0 Å². The van der Waals surface area contributed by atoms with E-state index in [2.05, 4.69) is 4.98 Å². The largest absolute Gasteiger partial charge is 0.506 e. The van der Waals surface area contributed by atoms with E-state index in [1.54, 1.807) is 30.5 Å². The third kappa shape index (κ3) is 2.79. The minimum Gasteiger partial charge on any atom is -0.506 e. The Morgan fingerprint density at radius 3 is 2.25 bits per heavy atom. The molecule has 16 heavy (non-hydrogen) atoms. The molecule has 0 unspecified atom stereocenters. The molecular formula is C13H14FNO. The molecule has 0 saturated heterocycles. The van der Waals surface area contributed by atoms with Crippen LogP contribution in [0, 0.1) is 5.82 Å². The molecule has 84 valence electrons. The molecule has 0 radical (unpaired) electrons. The van der Waals surface area contributed by atoms with E-state index >= 15 is 0 Å². The van der Waals surface area contributed by atoms with Gasteiger partial charge in [0.05, 0.1) is 0 Å². The zero-order valence-electron chi connectivity index (χ0n) is 9.31. The molecule has 1 N–H and O–H groups in total. The van der Waals surface area contributed by atoms with Crippen molar-refractivity contribution in [3.63, 3.8) is 0 Å². The van der Waals surface area contributed by atoms with Crippen LogP contribution in [0.15, 0.2) is 42.6 Å². The van der Waals surface area contributed by atoms with Crippen molar-refractivity contribution in [3.05, 3.63) is 48.4 Å². The number of nitrogens with zero attached hydrogens (tertiary/aromatic N) is 1. The molecule has 2 nitrogen and oxygen atoms in total. The Morgan fingerprint density at radius 2 is 1.69 bits per heavy atom. The fraction of sp³-hybridized carbons (Fsp3) is 0.154. The highest BCUT2D eigenvalue weighted by Crippen LogP contribution is 2.25. The Labute approximate surface area is 94.4 Å². The molecule has 1 aromatic carbocycles. The Bertz CT molecular complexity index is 440. The van der Waals surface area contributed by atoms with E-state index < -0.39 is 0 Å². The van der Waals surface area contributed by atoms with Gasteiger partial charge in [0, 0.05) is 11.8 Å². The van der Waals surface area contributed by atoms with Gasteiger partial charge in [0.1, 0.15) is 17.3 Å². The lowest BCUT2D eigenvalue weighted by Gasteiger charge is -2.02. The van der Waals surface area contributed by atoms with Crippen molar-refractivity contribution in [3.8, 4) is 17.0 Å². The zero-order chi connectivity index (χ0) is 12.0. The van der Waals surface area contributed by atoms with Gasteiger partial charge in [-0.3, -0.25) is 4.98 Å². The minimum absolute atomic E-state index is 0.0964. The van der Waals surface area contributed by atoms with Crippen molar-refractivity contribution >= 4 is 0 Å². The van der Waals surface area contributed by atoms with E-state index in [1.807, 2.05) is 13.8 Å². The Balaban J connectivity index is 0.000000606. The van der Waals surface area contributed by atoms with Crippen molar-refractivity contribution in [1.82, 2.24) is 4.98 Å². The summed E-state index contributed by atoms with van der Waals surface area (Å²) in [5, 5.41) is 9.48. The van der Waals surface area contributed by atoms with Gasteiger partial charge in [-0.25, -0.2) is 4.39 Å². The lowest BCUT2D eigenvalue weighted by atomic mass is 10.1. The van der Waals surface area contributed by atoms with Crippen molar-refractivity contribution in [2.45, 2.75) is 13.8 Å². The van der Waals surface area contributed by atoms with E-state index in [0.29, 0.717) is 11.3 Å². The summed E-state index contributed by atoms with van der Waals surface area (Å²) in [6.45, 7) is 4.00. The van der Waals surface area contributed by atoms with Gasteiger partial charge in [-0.05, 0) is 36.4 Å². The van der Waals surface area contributed by atoms with Crippen LogP contribution in [-0.4, -0.2) is 10.1 Å². The summed E-state index contributed by atoms with van der Waals surface area (Å²) in [6, 6.07) is 9.02. The monoisotopic (exact) mass is 219 g/mol. The lowest BCUT2D eigenvalue weighted by molar-refractivity contribution is 0.475. The fourth-order valence-corrected chi connectivity index (χ4v) is 1.23. The second kappa shape index (κ2) is 5.85. The first-order valence-electron chi connectivity index (χ1n) is 5.17. The number of aromatic nitrogens is 1. The summed E-state index contributed by atoms with van der Waals surface area (Å²) in [5.74, 6) is -0.205. The lowest BCUT2D eigenvalue weighted by Crippen LogP contribution is -1.83. The molecule has 1 aromatic heterocycles. The second-order valence-corrected chi connectivity index (χ2v) is 2.88. The molecule has 0 bridgehead atoms. The smallest absolute Gasteiger partial charge is 0.141 e. The van der Waals surface area contributed by atoms with Gasteiger partial charge in [0.2, 0.25) is 0 Å². The van der Waals surface area contributed by atoms with Gasteiger partial charge in [0.25, 0.3) is 0 Å². The predicted octanol–water partition coefficient (Wildman–Crippen LogP) is 3.62. The van der Waals surface area contributed by atoms with E-state index in [0.717, 1.165) is 0 Å². The van der Waals surface area contributed by atoms with Gasteiger partial charge in [-0.2, -0.15) is 0 Å². The van der Waals surface area contributed by atoms with Gasteiger partial charge in [0.15, 0.2) is 0 Å². The van der Waals surface area contributed by atoms with Crippen LogP contribution >= 0.6 is 0 Å². The van der Waals surface area contributed by atoms with Crippen molar-refractivity contribution in [1.29, 1.82) is 0 Å². The number of aromatic hydroxyl groups is 1. The third-order valence-corrected chi connectivity index (χ3v) is 1.90. The fourth-order valence-electron chi connectivity index (χ4n) is 1.23. The molecule has 2 aromatic rings. The van der Waals surface area contributed by atoms with E-state index in [4.69, 9.17) is 0 Å². The number of pyridine rings is 1. The van der Waals surface area contributed by atoms with Crippen LogP contribution in [0.25, 0.3) is 11.3 Å². The number of hydrogen-bond acceptors (Lipinski definition) is 2. The first-order valence-corrected chi connectivity index (χ1v) is 5.17. The summed E-state index contributed by atoms with van der Waals surface area (Å²) in [7, 11) is 0. The maximum atomic E-state index is 12.6. The average Bonchev–Trinajstić information content (AvgIpc) is 2.34. The van der Waals surface area contributed by atoms with Crippen molar-refractivity contribution in [2.75, 3.05) is 0 Å². The Morgan fingerprint density at radius 1 is 1.06 bits per heavy atom. The molecule has 2 rings (SSSR count). The van der Waals surface area contributed by atoms with Crippen LogP contribution in [0.1, 0.15) is 13.8 Å². The van der Waals surface area contributed by atoms with Gasteiger partial charge >= 0.3 is 0 Å². The highest BCUT2D eigenvalue weighted by atomic mass is 19.1. The topological polar surface area (TPSA) is 33.1 Å². The predicted molar refractivity (Wildman–Crippen MR) is 62.6 cm³/mol. The molecule has 1 heterocycles. The molecule has 0 saturated carbocycles. The molecule has 0 atom stereocenters. The van der Waals surface area contributed by atoms with Crippen molar-refractivity contribution < 1.29 is 9.50 Å². The van der Waals surface area contributed by atoms with E-state index in [9.17, 15) is 9.50 Å². The third-order valence-electron chi connectivity index (χ3n) is 1.90. The maximum Gasteiger partial charge on any atom is 0.141 e. The molecule has 0 spiro atoms. The summed E-state index contributed by atoms with van der Waals surface area (Å²) in [4.78, 5) is 4.01. The Hall–Kier alpha value is -1.90. The zero-order valence-corrected chi connectivity index (χ0v) is 9.31. The molecular weight excluding hydrogens is 205 g/mol. The maximum absolute atomic E-state index is 12.6. The standard InChI is InChI=1S/C11H8FNO.C2H6/c12-9-5-3-8(4-6-9)11-10(14)2-1-7-13-11;1-2/h1-7,14H;1-2H3. The second-order valence-electron chi connectivity index (χ2n) is 2.88. The number of halogens is 1. The SMILES string of the molecule is CC.Oc1cccnc1-c1ccc(F)cc1. The first-order chi connectivity index (χ1) is 7.77. The summed E-state index contributed by atoms with van der Waals surface area (Å²) in [6.07, 6.45) is 1.58. The van der Waals surface area contributed by atoms with Gasteiger partial charge in [-0.1, -0.05) is 13.8 Å². The first kappa shape index (κ1) is 12.2. The van der Waals surface area contributed by atoms with E-state index in [-0.39, 0.29) is 11.6 Å². The normalized spacial score (nSPS) is 9.19. The minimum atomic E-state index is -0.302. The van der Waals surface area contributed by atoms with Crippen LogP contribution in [0.5, 0.6) is 5.75 Å². The summed E-state index contributed by atoms with van der Waals surface area (Å²) in [5.41, 5.74) is 1.16. The summed E-state index contributed by atoms with van der Waals surface area (Å²) < 4.78 is 12.6.